The minimum absolute atomic E-state index is 0.243. The Morgan fingerprint density at radius 2 is 1.61 bits per heavy atom. The second-order valence-electron chi connectivity index (χ2n) is 6.99. The van der Waals surface area contributed by atoms with Gasteiger partial charge in [0.25, 0.3) is 26.0 Å². The molecule has 1 aliphatic rings. The van der Waals surface area contributed by atoms with Crippen LogP contribution in [0, 0.1) is 0 Å². The number of hydrogen-bond acceptors (Lipinski definition) is 9. The third-order valence-corrected chi connectivity index (χ3v) is 10.1. The van der Waals surface area contributed by atoms with E-state index >= 15 is 0 Å². The molecule has 0 spiro atoms. The molecule has 10 nitrogen and oxygen atoms in total. The summed E-state index contributed by atoms with van der Waals surface area (Å²) in [6.45, 7) is 0.295. The Labute approximate surface area is 194 Å². The van der Waals surface area contributed by atoms with Crippen LogP contribution in [0.15, 0.2) is 69.9 Å². The highest BCUT2D eigenvalue weighted by Gasteiger charge is 2.39. The zero-order chi connectivity index (χ0) is 23.8. The van der Waals surface area contributed by atoms with Gasteiger partial charge in [0.1, 0.15) is 11.9 Å². The Morgan fingerprint density at radius 3 is 2.06 bits per heavy atom. The molecule has 0 aliphatic carbocycles. The highest BCUT2D eigenvalue weighted by atomic mass is 32.3. The fourth-order valence-corrected chi connectivity index (χ4v) is 8.00. The second-order valence-corrected chi connectivity index (χ2v) is 11.7. The third kappa shape index (κ3) is 4.19. The van der Waals surface area contributed by atoms with E-state index in [0.29, 0.717) is 21.7 Å². The number of aromatic nitrogens is 1. The standard InChI is InChI=1S/C20H19N3O7S3/c1-30-15-4-8-17(9-5-15)33(28,29)23(20-21-11-13-31-20)32(26,27)16-6-2-14(3-7-16)22-12-10-18(24)19(22)25/h2-9,11,13,18,24H,10,12H2,1H3/t18-/m0/s1. The lowest BCUT2D eigenvalue weighted by atomic mass is 10.3. The Morgan fingerprint density at radius 1 is 1.03 bits per heavy atom. The van der Waals surface area contributed by atoms with Gasteiger partial charge in [-0.15, -0.1) is 15.0 Å². The molecule has 2 heterocycles. The number of methoxy groups -OCH3 is 1. The second kappa shape index (κ2) is 8.74. The maximum absolute atomic E-state index is 13.5. The van der Waals surface area contributed by atoms with E-state index in [1.807, 2.05) is 0 Å². The highest BCUT2D eigenvalue weighted by Crippen LogP contribution is 2.33. The molecule has 13 heteroatoms. The Bertz CT molecular complexity index is 1360. The first-order valence-corrected chi connectivity index (χ1v) is 13.4. The van der Waals surface area contributed by atoms with Gasteiger partial charge in [0, 0.05) is 30.2 Å². The van der Waals surface area contributed by atoms with Crippen molar-refractivity contribution < 1.29 is 31.5 Å². The summed E-state index contributed by atoms with van der Waals surface area (Å²) in [5, 5.41) is 10.9. The summed E-state index contributed by atoms with van der Waals surface area (Å²) < 4.78 is 59.1. The summed E-state index contributed by atoms with van der Waals surface area (Å²) in [5.41, 5.74) is 0.398. The van der Waals surface area contributed by atoms with Gasteiger partial charge in [-0.3, -0.25) is 4.79 Å². The number of sulfonamides is 2. The summed E-state index contributed by atoms with van der Waals surface area (Å²) in [7, 11) is -7.73. The van der Waals surface area contributed by atoms with Crippen LogP contribution in [0.3, 0.4) is 0 Å². The minimum Gasteiger partial charge on any atom is -0.497 e. The fourth-order valence-electron chi connectivity index (χ4n) is 3.30. The van der Waals surface area contributed by atoms with Crippen molar-refractivity contribution in [2.45, 2.75) is 22.3 Å². The molecule has 0 saturated carbocycles. The first-order valence-electron chi connectivity index (χ1n) is 9.60. The van der Waals surface area contributed by atoms with Crippen molar-refractivity contribution in [1.29, 1.82) is 0 Å². The molecule has 2 aromatic carbocycles. The van der Waals surface area contributed by atoms with Crippen LogP contribution in [0.25, 0.3) is 0 Å². The lowest BCUT2D eigenvalue weighted by molar-refractivity contribution is -0.123. The van der Waals surface area contributed by atoms with Crippen molar-refractivity contribution >= 4 is 48.1 Å². The van der Waals surface area contributed by atoms with Crippen molar-refractivity contribution in [2.24, 2.45) is 0 Å². The minimum atomic E-state index is -4.60. The van der Waals surface area contributed by atoms with Crippen molar-refractivity contribution in [3.63, 3.8) is 0 Å². The van der Waals surface area contributed by atoms with Gasteiger partial charge in [0.2, 0.25) is 5.13 Å². The van der Waals surface area contributed by atoms with E-state index in [9.17, 15) is 26.7 Å². The van der Waals surface area contributed by atoms with Gasteiger partial charge in [0.05, 0.1) is 16.9 Å². The first-order chi connectivity index (χ1) is 15.7. The van der Waals surface area contributed by atoms with Crippen LogP contribution < -0.4 is 13.3 Å². The maximum Gasteiger partial charge on any atom is 0.279 e. The van der Waals surface area contributed by atoms with Crippen LogP contribution in [-0.4, -0.2) is 52.6 Å². The van der Waals surface area contributed by atoms with E-state index in [1.165, 1.54) is 72.1 Å². The number of carbonyl (C=O) groups excluding carboxylic acids is 1. The number of rotatable bonds is 7. The van der Waals surface area contributed by atoms with E-state index in [4.69, 9.17) is 4.74 Å². The average molecular weight is 510 g/mol. The summed E-state index contributed by atoms with van der Waals surface area (Å²) in [6.07, 6.45) is 0.486. The monoisotopic (exact) mass is 509 g/mol. The smallest absolute Gasteiger partial charge is 0.279 e. The molecule has 1 atom stereocenters. The van der Waals surface area contributed by atoms with E-state index in [1.54, 1.807) is 0 Å². The number of hydrogen-bond donors (Lipinski definition) is 1. The molecule has 0 bridgehead atoms. The lowest BCUT2D eigenvalue weighted by Crippen LogP contribution is -2.37. The van der Waals surface area contributed by atoms with Crippen LogP contribution in [0.1, 0.15) is 6.42 Å². The summed E-state index contributed by atoms with van der Waals surface area (Å²) >= 11 is 0.857. The zero-order valence-corrected chi connectivity index (χ0v) is 19.7. The maximum atomic E-state index is 13.5. The summed E-state index contributed by atoms with van der Waals surface area (Å²) in [6, 6.07) is 10.5. The molecule has 1 N–H and O–H groups in total. The number of benzene rings is 2. The number of anilines is 2. The molecule has 0 unspecified atom stereocenters. The van der Waals surface area contributed by atoms with Gasteiger partial charge in [-0.1, -0.05) is 0 Å². The molecule has 33 heavy (non-hydrogen) atoms. The number of nitrogens with zero attached hydrogens (tertiary/aromatic N) is 3. The third-order valence-electron chi connectivity index (χ3n) is 4.99. The molecule has 3 aromatic rings. The van der Waals surface area contributed by atoms with Crippen molar-refractivity contribution in [3.05, 3.63) is 60.1 Å². The van der Waals surface area contributed by atoms with E-state index in [0.717, 1.165) is 11.3 Å². The quantitative estimate of drug-likeness (QED) is 0.510. The van der Waals surface area contributed by atoms with E-state index < -0.39 is 32.1 Å². The van der Waals surface area contributed by atoms with Crippen LogP contribution in [-0.2, 0) is 24.8 Å². The fraction of sp³-hybridized carbons (Fsp3) is 0.200. The predicted molar refractivity (Wildman–Crippen MR) is 121 cm³/mol. The topological polar surface area (TPSA) is 134 Å². The predicted octanol–water partition coefficient (Wildman–Crippen LogP) is 1.83. The molecule has 4 rings (SSSR count). The molecular weight excluding hydrogens is 490 g/mol. The van der Waals surface area contributed by atoms with Crippen molar-refractivity contribution in [2.75, 3.05) is 22.3 Å². The SMILES string of the molecule is COc1ccc(S(=O)(=O)N(c2nccs2)S(=O)(=O)c2ccc(N3CC[C@H](O)C3=O)cc2)cc1. The largest absolute Gasteiger partial charge is 0.497 e. The molecule has 1 aromatic heterocycles. The Hall–Kier alpha value is -3.00. The number of aliphatic hydroxyl groups is 1. The van der Waals surface area contributed by atoms with Gasteiger partial charge in [-0.2, -0.15) is 16.8 Å². The average Bonchev–Trinajstić information content (AvgIpc) is 3.44. The molecule has 1 saturated heterocycles. The zero-order valence-electron chi connectivity index (χ0n) is 17.2. The van der Waals surface area contributed by atoms with E-state index in [-0.39, 0.29) is 21.3 Å². The van der Waals surface area contributed by atoms with Crippen molar-refractivity contribution in [3.8, 4) is 5.75 Å². The van der Waals surface area contributed by atoms with Crippen molar-refractivity contribution in [1.82, 2.24) is 4.98 Å². The molecule has 174 valence electrons. The van der Waals surface area contributed by atoms with Crippen LogP contribution in [0.4, 0.5) is 10.8 Å². The normalized spacial score (nSPS) is 16.7. The highest BCUT2D eigenvalue weighted by molar-refractivity contribution is 8.10. The van der Waals surface area contributed by atoms with Gasteiger partial charge >= 0.3 is 0 Å². The van der Waals surface area contributed by atoms with Crippen LogP contribution in [0.2, 0.25) is 0 Å². The molecule has 1 fully saturated rings. The summed E-state index contributed by atoms with van der Waals surface area (Å²) in [4.78, 5) is 16.7. The number of thiazole rings is 1. The van der Waals surface area contributed by atoms with E-state index in [2.05, 4.69) is 4.98 Å². The number of amides is 1. The summed E-state index contributed by atoms with van der Waals surface area (Å²) in [5.74, 6) is -0.0631. The number of ether oxygens (including phenoxy) is 1. The number of carbonyl (C=O) groups is 1. The lowest BCUT2D eigenvalue weighted by Gasteiger charge is -2.22. The van der Waals surface area contributed by atoms with Gasteiger partial charge < -0.3 is 14.7 Å². The molecule has 1 amide bonds. The van der Waals surface area contributed by atoms with Gasteiger partial charge in [-0.25, -0.2) is 4.98 Å². The van der Waals surface area contributed by atoms with Gasteiger partial charge in [0.15, 0.2) is 0 Å². The van der Waals surface area contributed by atoms with Crippen LogP contribution in [0.5, 0.6) is 5.75 Å². The first kappa shape index (κ1) is 23.2. The van der Waals surface area contributed by atoms with Crippen LogP contribution >= 0.6 is 11.3 Å². The Kier molecular flexibility index (Phi) is 6.14. The van der Waals surface area contributed by atoms with Gasteiger partial charge in [-0.05, 0) is 48.5 Å². The number of aliphatic hydroxyl groups excluding tert-OH is 1. The molecule has 1 aliphatic heterocycles. The molecule has 0 radical (unpaired) electrons. The molecular formula is C20H19N3O7S3. The Balaban J connectivity index is 1.75.